The van der Waals surface area contributed by atoms with E-state index >= 15 is 0 Å². The first-order valence-electron chi connectivity index (χ1n) is 3.64. The van der Waals surface area contributed by atoms with E-state index in [4.69, 9.17) is 5.73 Å². The molecule has 0 atom stereocenters. The van der Waals surface area contributed by atoms with Gasteiger partial charge in [0.15, 0.2) is 17.0 Å². The van der Waals surface area contributed by atoms with E-state index in [0.717, 1.165) is 16.6 Å². The Hall–Kier alpha value is -1.70. The second-order valence-corrected chi connectivity index (χ2v) is 4.59. The SMILES string of the molecule is CS(=O)(=O)n1cnc2c(N)ncnc21. The van der Waals surface area contributed by atoms with Crippen molar-refractivity contribution in [2.75, 3.05) is 12.0 Å². The van der Waals surface area contributed by atoms with Crippen LogP contribution in [0.1, 0.15) is 0 Å². The molecule has 0 bridgehead atoms. The van der Waals surface area contributed by atoms with Crippen LogP contribution in [-0.2, 0) is 10.0 Å². The summed E-state index contributed by atoms with van der Waals surface area (Å²) >= 11 is 0. The van der Waals surface area contributed by atoms with Crippen LogP contribution in [0, 0.1) is 0 Å². The predicted molar refractivity (Wildman–Crippen MR) is 50.0 cm³/mol. The van der Waals surface area contributed by atoms with E-state index in [1.807, 2.05) is 0 Å². The monoisotopic (exact) mass is 213 g/mol. The fourth-order valence-electron chi connectivity index (χ4n) is 1.08. The molecule has 8 heteroatoms. The molecule has 0 saturated heterocycles. The average Bonchev–Trinajstić information content (AvgIpc) is 2.47. The molecule has 74 valence electrons. The molecule has 0 fully saturated rings. The Labute approximate surface area is 79.7 Å². The summed E-state index contributed by atoms with van der Waals surface area (Å²) in [5.41, 5.74) is 5.98. The summed E-state index contributed by atoms with van der Waals surface area (Å²) in [5.74, 6) is 0.164. The van der Waals surface area contributed by atoms with Crippen molar-refractivity contribution in [3.8, 4) is 0 Å². The largest absolute Gasteiger partial charge is 0.382 e. The standard InChI is InChI=1S/C6H7N5O2S/c1-14(12,13)11-3-10-4-5(7)8-2-9-6(4)11/h2-3H,1H3,(H2,7,8,9). The van der Waals surface area contributed by atoms with Crippen LogP contribution in [0.4, 0.5) is 5.82 Å². The van der Waals surface area contributed by atoms with Crippen LogP contribution in [0.15, 0.2) is 12.7 Å². The molecule has 0 aliphatic rings. The van der Waals surface area contributed by atoms with Gasteiger partial charge in [0, 0.05) is 0 Å². The van der Waals surface area contributed by atoms with Crippen LogP contribution in [0.5, 0.6) is 0 Å². The Kier molecular flexibility index (Phi) is 1.68. The van der Waals surface area contributed by atoms with Crippen LogP contribution in [-0.4, -0.2) is 33.6 Å². The number of nitrogens with zero attached hydrogens (tertiary/aromatic N) is 4. The molecule has 2 rings (SSSR count). The van der Waals surface area contributed by atoms with Crippen molar-refractivity contribution < 1.29 is 8.42 Å². The molecule has 0 spiro atoms. The molecule has 7 nitrogen and oxygen atoms in total. The molecular formula is C6H7N5O2S. The van der Waals surface area contributed by atoms with Crippen LogP contribution in [0.3, 0.4) is 0 Å². The molecule has 2 aromatic rings. The lowest BCUT2D eigenvalue weighted by Gasteiger charge is -1.98. The molecule has 14 heavy (non-hydrogen) atoms. The summed E-state index contributed by atoms with van der Waals surface area (Å²) in [6, 6.07) is 0. The van der Waals surface area contributed by atoms with Crippen LogP contribution in [0.25, 0.3) is 11.2 Å². The van der Waals surface area contributed by atoms with E-state index in [-0.39, 0.29) is 17.0 Å². The van der Waals surface area contributed by atoms with Gasteiger partial charge in [0.05, 0.1) is 6.26 Å². The third kappa shape index (κ3) is 1.20. The molecule has 0 saturated carbocycles. The lowest BCUT2D eigenvalue weighted by Crippen LogP contribution is -2.09. The van der Waals surface area contributed by atoms with Gasteiger partial charge in [-0.3, -0.25) is 0 Å². The van der Waals surface area contributed by atoms with E-state index in [0.29, 0.717) is 0 Å². The van der Waals surface area contributed by atoms with Crippen molar-refractivity contribution in [3.05, 3.63) is 12.7 Å². The minimum atomic E-state index is -3.39. The van der Waals surface area contributed by atoms with Crippen molar-refractivity contribution in [2.45, 2.75) is 0 Å². The predicted octanol–water partition coefficient (Wildman–Crippen LogP) is -0.784. The molecule has 0 aromatic carbocycles. The zero-order valence-corrected chi connectivity index (χ0v) is 8.06. The Morgan fingerprint density at radius 1 is 1.36 bits per heavy atom. The first-order valence-corrected chi connectivity index (χ1v) is 5.49. The molecule has 0 radical (unpaired) electrons. The third-order valence-corrected chi connectivity index (χ3v) is 2.67. The Morgan fingerprint density at radius 2 is 2.07 bits per heavy atom. The highest BCUT2D eigenvalue weighted by Gasteiger charge is 2.13. The number of rotatable bonds is 1. The molecule has 2 heterocycles. The lowest BCUT2D eigenvalue weighted by molar-refractivity contribution is 0.594. The maximum absolute atomic E-state index is 11.2. The average molecular weight is 213 g/mol. The number of anilines is 1. The first-order chi connectivity index (χ1) is 6.50. The zero-order chi connectivity index (χ0) is 10.3. The molecular weight excluding hydrogens is 206 g/mol. The normalized spacial score (nSPS) is 12.1. The maximum Gasteiger partial charge on any atom is 0.238 e. The van der Waals surface area contributed by atoms with Crippen LogP contribution in [0.2, 0.25) is 0 Å². The van der Waals surface area contributed by atoms with Gasteiger partial charge in [-0.25, -0.2) is 27.3 Å². The molecule has 0 aliphatic heterocycles. The summed E-state index contributed by atoms with van der Waals surface area (Å²) < 4.78 is 23.4. The van der Waals surface area contributed by atoms with Gasteiger partial charge in [0.25, 0.3) is 0 Å². The molecule has 2 N–H and O–H groups in total. The zero-order valence-electron chi connectivity index (χ0n) is 7.25. The van der Waals surface area contributed by atoms with Crippen molar-refractivity contribution in [2.24, 2.45) is 0 Å². The summed E-state index contributed by atoms with van der Waals surface area (Å²) in [7, 11) is -3.39. The number of hydrogen-bond donors (Lipinski definition) is 1. The number of imidazole rings is 1. The minimum Gasteiger partial charge on any atom is -0.382 e. The van der Waals surface area contributed by atoms with Gasteiger partial charge in [0.2, 0.25) is 10.0 Å². The fourth-order valence-corrected chi connectivity index (χ4v) is 1.74. The van der Waals surface area contributed by atoms with Crippen LogP contribution >= 0.6 is 0 Å². The first kappa shape index (κ1) is 8.88. The highest BCUT2D eigenvalue weighted by atomic mass is 32.2. The van der Waals surface area contributed by atoms with Crippen molar-refractivity contribution >= 4 is 27.0 Å². The molecule has 2 aromatic heterocycles. The number of nitrogens with two attached hydrogens (primary N) is 1. The summed E-state index contributed by atoms with van der Waals surface area (Å²) in [4.78, 5) is 11.3. The number of fused-ring (bicyclic) bond motifs is 1. The Balaban J connectivity index is 2.90. The van der Waals surface area contributed by atoms with Gasteiger partial charge in [-0.15, -0.1) is 0 Å². The fraction of sp³-hybridized carbons (Fsp3) is 0.167. The molecule has 0 unspecified atom stereocenters. The van der Waals surface area contributed by atoms with E-state index in [1.54, 1.807) is 0 Å². The quantitative estimate of drug-likeness (QED) is 0.666. The highest BCUT2D eigenvalue weighted by molar-refractivity contribution is 7.89. The van der Waals surface area contributed by atoms with Gasteiger partial charge in [0.1, 0.15) is 12.7 Å². The van der Waals surface area contributed by atoms with E-state index in [9.17, 15) is 8.42 Å². The van der Waals surface area contributed by atoms with E-state index in [1.165, 1.54) is 6.33 Å². The van der Waals surface area contributed by atoms with Crippen molar-refractivity contribution in [1.82, 2.24) is 18.9 Å². The van der Waals surface area contributed by atoms with Crippen molar-refractivity contribution in [3.63, 3.8) is 0 Å². The second-order valence-electron chi connectivity index (χ2n) is 2.73. The summed E-state index contributed by atoms with van der Waals surface area (Å²) in [6.45, 7) is 0. The second kappa shape index (κ2) is 2.64. The third-order valence-electron chi connectivity index (χ3n) is 1.69. The van der Waals surface area contributed by atoms with Gasteiger partial charge in [-0.1, -0.05) is 0 Å². The Morgan fingerprint density at radius 3 is 2.71 bits per heavy atom. The van der Waals surface area contributed by atoms with E-state index in [2.05, 4.69) is 15.0 Å². The number of nitrogen functional groups attached to an aromatic ring is 1. The van der Waals surface area contributed by atoms with Gasteiger partial charge in [-0.2, -0.15) is 0 Å². The number of aromatic nitrogens is 4. The van der Waals surface area contributed by atoms with E-state index < -0.39 is 10.0 Å². The highest BCUT2D eigenvalue weighted by Crippen LogP contribution is 2.14. The summed E-state index contributed by atoms with van der Waals surface area (Å²) in [5, 5.41) is 0. The molecule has 0 amide bonds. The topological polar surface area (TPSA) is 104 Å². The molecule has 0 aliphatic carbocycles. The maximum atomic E-state index is 11.2. The number of hydrogen-bond acceptors (Lipinski definition) is 6. The lowest BCUT2D eigenvalue weighted by atomic mass is 10.5. The van der Waals surface area contributed by atoms with Crippen molar-refractivity contribution in [1.29, 1.82) is 0 Å². The Bertz CT molecular complexity index is 587. The minimum absolute atomic E-state index is 0.164. The smallest absolute Gasteiger partial charge is 0.238 e. The van der Waals surface area contributed by atoms with Gasteiger partial charge >= 0.3 is 0 Å². The van der Waals surface area contributed by atoms with Crippen LogP contribution < -0.4 is 5.73 Å². The van der Waals surface area contributed by atoms with Gasteiger partial charge < -0.3 is 5.73 Å². The van der Waals surface area contributed by atoms with Gasteiger partial charge in [-0.05, 0) is 0 Å². The summed E-state index contributed by atoms with van der Waals surface area (Å²) in [6.07, 6.45) is 3.42.